The highest BCUT2D eigenvalue weighted by Crippen LogP contribution is 2.26. The number of alkyl halides is 3. The molecule has 0 heterocycles. The van der Waals surface area contributed by atoms with Gasteiger partial charge in [0, 0.05) is 12.5 Å². The van der Waals surface area contributed by atoms with E-state index >= 15 is 0 Å². The summed E-state index contributed by atoms with van der Waals surface area (Å²) in [6.45, 7) is 2.49. The quantitative estimate of drug-likeness (QED) is 0.829. The molecule has 0 aliphatic heterocycles. The molecule has 0 fully saturated rings. The number of amides is 1. The normalized spacial score (nSPS) is 15.9. The number of hydrogen-bond acceptors (Lipinski definition) is 3. The van der Waals surface area contributed by atoms with Crippen LogP contribution in [0.5, 0.6) is 0 Å². The van der Waals surface area contributed by atoms with E-state index in [9.17, 15) is 26.4 Å². The molecule has 0 aromatic heterocycles. The summed E-state index contributed by atoms with van der Waals surface area (Å²) in [6, 6.07) is 7.52. The zero-order valence-corrected chi connectivity index (χ0v) is 15.0. The maximum Gasteiger partial charge on any atom is 0.389 e. The van der Waals surface area contributed by atoms with Gasteiger partial charge in [0.25, 0.3) is 0 Å². The van der Waals surface area contributed by atoms with Crippen LogP contribution in [0.1, 0.15) is 37.8 Å². The molecule has 1 aliphatic carbocycles. The topological polar surface area (TPSA) is 63.2 Å². The van der Waals surface area contributed by atoms with Gasteiger partial charge in [-0.15, -0.1) is 0 Å². The Bertz CT molecular complexity index is 717. The van der Waals surface area contributed by atoms with Gasteiger partial charge in [-0.2, -0.15) is 13.2 Å². The lowest BCUT2D eigenvalue weighted by atomic mass is 10.1. The first kappa shape index (κ1) is 19.8. The third kappa shape index (κ3) is 4.74. The molecule has 0 atom stereocenters. The summed E-state index contributed by atoms with van der Waals surface area (Å²) in [6.07, 6.45) is -4.89. The summed E-state index contributed by atoms with van der Waals surface area (Å²) >= 11 is 0. The van der Waals surface area contributed by atoms with Crippen molar-refractivity contribution in [2.45, 2.75) is 56.5 Å². The van der Waals surface area contributed by atoms with Crippen LogP contribution in [0.25, 0.3) is 0 Å². The molecule has 140 valence electrons. The van der Waals surface area contributed by atoms with Crippen molar-refractivity contribution in [3.63, 3.8) is 0 Å². The Labute approximate surface area is 145 Å². The number of rotatable bonds is 6. The number of carbonyl (C=O) groups excluding carboxylic acids is 1. The summed E-state index contributed by atoms with van der Waals surface area (Å²) in [5.41, 5.74) is 2.22. The third-order valence-electron chi connectivity index (χ3n) is 4.58. The van der Waals surface area contributed by atoms with E-state index < -0.39 is 45.3 Å². The van der Waals surface area contributed by atoms with Crippen molar-refractivity contribution in [2.24, 2.45) is 0 Å². The van der Waals surface area contributed by atoms with Gasteiger partial charge in [0.1, 0.15) is 4.75 Å². The van der Waals surface area contributed by atoms with E-state index in [0.29, 0.717) is 12.8 Å². The van der Waals surface area contributed by atoms with Gasteiger partial charge in [-0.3, -0.25) is 4.79 Å². The number of nitrogens with one attached hydrogen (secondary N) is 1. The molecule has 4 nitrogen and oxygen atoms in total. The lowest BCUT2D eigenvalue weighted by molar-refractivity contribution is -0.134. The van der Waals surface area contributed by atoms with Gasteiger partial charge in [-0.05, 0) is 44.2 Å². The van der Waals surface area contributed by atoms with Gasteiger partial charge >= 0.3 is 6.18 Å². The fourth-order valence-corrected chi connectivity index (χ4v) is 4.26. The molecule has 8 heteroatoms. The number of sulfone groups is 1. The first-order valence-corrected chi connectivity index (χ1v) is 9.74. The Hall–Kier alpha value is -1.57. The fraction of sp³-hybridized carbons (Fsp3) is 0.588. The summed E-state index contributed by atoms with van der Waals surface area (Å²) in [7, 11) is -4.00. The van der Waals surface area contributed by atoms with Crippen LogP contribution in [-0.2, 0) is 27.5 Å². The molecule has 25 heavy (non-hydrogen) atoms. The van der Waals surface area contributed by atoms with Crippen LogP contribution >= 0.6 is 0 Å². The van der Waals surface area contributed by atoms with Crippen LogP contribution in [-0.4, -0.2) is 37.0 Å². The number of benzene rings is 1. The average molecular weight is 377 g/mol. The first-order chi connectivity index (χ1) is 11.4. The minimum absolute atomic E-state index is 0.199. The largest absolute Gasteiger partial charge is 0.389 e. The minimum atomic E-state index is -4.41. The van der Waals surface area contributed by atoms with Crippen LogP contribution in [0.15, 0.2) is 24.3 Å². The van der Waals surface area contributed by atoms with Crippen LogP contribution in [0.3, 0.4) is 0 Å². The molecule has 0 spiro atoms. The number of halogens is 3. The molecular weight excluding hydrogens is 355 g/mol. The SMILES string of the molecule is CC(C)(C(=O)NC1Cc2ccccc2C1)S(=O)(=O)CCCC(F)(F)F. The second kappa shape index (κ2) is 6.97. The average Bonchev–Trinajstić information content (AvgIpc) is 2.87. The van der Waals surface area contributed by atoms with Crippen LogP contribution in [0.2, 0.25) is 0 Å². The third-order valence-corrected chi connectivity index (χ3v) is 7.15. The van der Waals surface area contributed by atoms with Crippen molar-refractivity contribution >= 4 is 15.7 Å². The van der Waals surface area contributed by atoms with Gasteiger partial charge < -0.3 is 5.32 Å². The van der Waals surface area contributed by atoms with Crippen molar-refractivity contribution in [1.29, 1.82) is 0 Å². The van der Waals surface area contributed by atoms with E-state index in [1.54, 1.807) is 0 Å². The molecule has 0 unspecified atom stereocenters. The van der Waals surface area contributed by atoms with E-state index in [-0.39, 0.29) is 6.04 Å². The summed E-state index contributed by atoms with van der Waals surface area (Å²) in [4.78, 5) is 12.5. The second-order valence-corrected chi connectivity index (χ2v) is 9.55. The maximum atomic E-state index is 12.5. The zero-order valence-electron chi connectivity index (χ0n) is 14.2. The lowest BCUT2D eigenvalue weighted by Gasteiger charge is -2.26. The van der Waals surface area contributed by atoms with Crippen molar-refractivity contribution < 1.29 is 26.4 Å². The van der Waals surface area contributed by atoms with E-state index in [0.717, 1.165) is 11.1 Å². The molecule has 1 aromatic rings. The van der Waals surface area contributed by atoms with E-state index in [4.69, 9.17) is 0 Å². The summed E-state index contributed by atoms with van der Waals surface area (Å²) in [5, 5.41) is 2.74. The standard InChI is InChI=1S/C17H22F3NO3S/c1-16(2,25(23,24)9-5-8-17(18,19)20)15(22)21-14-10-12-6-3-4-7-13(12)11-14/h3-4,6-7,14H,5,8-11H2,1-2H3,(H,21,22). The Morgan fingerprint density at radius 1 is 1.16 bits per heavy atom. The molecule has 1 aliphatic rings. The lowest BCUT2D eigenvalue weighted by Crippen LogP contribution is -2.52. The Morgan fingerprint density at radius 2 is 1.68 bits per heavy atom. The number of fused-ring (bicyclic) bond motifs is 1. The molecule has 1 N–H and O–H groups in total. The summed E-state index contributed by atoms with van der Waals surface area (Å²) in [5.74, 6) is -1.34. The van der Waals surface area contributed by atoms with Crippen LogP contribution in [0.4, 0.5) is 13.2 Å². The monoisotopic (exact) mass is 377 g/mol. The predicted octanol–water partition coefficient (Wildman–Crippen LogP) is 2.81. The fourth-order valence-electron chi connectivity index (χ4n) is 2.88. The van der Waals surface area contributed by atoms with Crippen LogP contribution < -0.4 is 5.32 Å². The Morgan fingerprint density at radius 3 is 2.16 bits per heavy atom. The smallest absolute Gasteiger partial charge is 0.351 e. The Balaban J connectivity index is 1.97. The van der Waals surface area contributed by atoms with E-state index in [1.807, 2.05) is 24.3 Å². The van der Waals surface area contributed by atoms with Gasteiger partial charge in [-0.1, -0.05) is 24.3 Å². The summed E-state index contributed by atoms with van der Waals surface area (Å²) < 4.78 is 59.6. The molecule has 0 radical (unpaired) electrons. The molecular formula is C17H22F3NO3S. The molecule has 0 bridgehead atoms. The highest BCUT2D eigenvalue weighted by molar-refractivity contribution is 7.93. The molecule has 0 saturated carbocycles. The van der Waals surface area contributed by atoms with Gasteiger partial charge in [0.15, 0.2) is 9.84 Å². The predicted molar refractivity (Wildman–Crippen MR) is 88.9 cm³/mol. The van der Waals surface area contributed by atoms with Crippen LogP contribution in [0, 0.1) is 0 Å². The van der Waals surface area contributed by atoms with Crippen molar-refractivity contribution in [3.8, 4) is 0 Å². The molecule has 0 saturated heterocycles. The zero-order chi connectivity index (χ0) is 18.9. The van der Waals surface area contributed by atoms with Gasteiger partial charge in [0.2, 0.25) is 5.91 Å². The van der Waals surface area contributed by atoms with Crippen molar-refractivity contribution in [3.05, 3.63) is 35.4 Å². The molecule has 2 rings (SSSR count). The molecule has 1 aromatic carbocycles. The maximum absolute atomic E-state index is 12.5. The number of hydrogen-bond donors (Lipinski definition) is 1. The molecule has 1 amide bonds. The van der Waals surface area contributed by atoms with Crippen molar-refractivity contribution in [1.82, 2.24) is 5.32 Å². The van der Waals surface area contributed by atoms with E-state index in [2.05, 4.69) is 5.32 Å². The van der Waals surface area contributed by atoms with E-state index in [1.165, 1.54) is 13.8 Å². The minimum Gasteiger partial charge on any atom is -0.351 e. The highest BCUT2D eigenvalue weighted by atomic mass is 32.2. The number of carbonyl (C=O) groups is 1. The van der Waals surface area contributed by atoms with Gasteiger partial charge in [0.05, 0.1) is 5.75 Å². The van der Waals surface area contributed by atoms with Crippen molar-refractivity contribution in [2.75, 3.05) is 5.75 Å². The second-order valence-electron chi connectivity index (χ2n) is 6.90. The van der Waals surface area contributed by atoms with Gasteiger partial charge in [-0.25, -0.2) is 8.42 Å². The first-order valence-electron chi connectivity index (χ1n) is 8.09. The highest BCUT2D eigenvalue weighted by Gasteiger charge is 2.43. The Kier molecular flexibility index (Phi) is 5.51.